The Morgan fingerprint density at radius 2 is 2.24 bits per heavy atom. The van der Waals surface area contributed by atoms with Gasteiger partial charge in [0.05, 0.1) is 23.4 Å². The van der Waals surface area contributed by atoms with Crippen molar-refractivity contribution in [3.05, 3.63) is 41.4 Å². The molecule has 92 valence electrons. The zero-order chi connectivity index (χ0) is 11.5. The number of nitrogens with two attached hydrogens (primary N) is 1. The minimum absolute atomic E-state index is 0. The monoisotopic (exact) mass is 274 g/mol. The van der Waals surface area contributed by atoms with Crippen LogP contribution in [0.1, 0.15) is 11.6 Å². The zero-order valence-corrected chi connectivity index (χ0v) is 10.4. The summed E-state index contributed by atoms with van der Waals surface area (Å²) in [5, 5.41) is 13.5. The fraction of sp³-hybridized carbons (Fsp3) is 0.200. The zero-order valence-electron chi connectivity index (χ0n) is 8.82. The molecule has 0 fully saturated rings. The summed E-state index contributed by atoms with van der Waals surface area (Å²) < 4.78 is 1.55. The molecule has 0 amide bonds. The molecule has 0 spiro atoms. The molecule has 17 heavy (non-hydrogen) atoms. The highest BCUT2D eigenvalue weighted by molar-refractivity contribution is 6.32. The number of benzene rings is 1. The number of nitrogens with zero attached hydrogens (tertiary/aromatic N) is 3. The second-order valence-electron chi connectivity index (χ2n) is 3.34. The van der Waals surface area contributed by atoms with E-state index in [0.29, 0.717) is 10.7 Å². The summed E-state index contributed by atoms with van der Waals surface area (Å²) in [7, 11) is 0. The average Bonchev–Trinajstić information content (AvgIpc) is 2.82. The Hall–Kier alpha value is -1.14. The predicted octanol–water partition coefficient (Wildman–Crippen LogP) is 1.33. The van der Waals surface area contributed by atoms with E-state index in [1.807, 2.05) is 0 Å². The third kappa shape index (κ3) is 2.95. The maximum absolute atomic E-state index is 8.99. The molecule has 1 unspecified atom stereocenters. The largest absolute Gasteiger partial charge is 0.394 e. The SMILES string of the molecule is Cl.NC(CO)c1ccc(Cl)c(-n2cncn2)c1. The minimum atomic E-state index is -0.417. The van der Waals surface area contributed by atoms with Gasteiger partial charge in [-0.3, -0.25) is 0 Å². The van der Waals surface area contributed by atoms with Crippen LogP contribution in [0.15, 0.2) is 30.9 Å². The van der Waals surface area contributed by atoms with Crippen molar-refractivity contribution >= 4 is 24.0 Å². The Balaban J connectivity index is 0.00000144. The first-order valence-electron chi connectivity index (χ1n) is 4.73. The van der Waals surface area contributed by atoms with Gasteiger partial charge in [0.15, 0.2) is 0 Å². The molecule has 5 nitrogen and oxygen atoms in total. The van der Waals surface area contributed by atoms with Crippen molar-refractivity contribution in [2.75, 3.05) is 6.61 Å². The lowest BCUT2D eigenvalue weighted by atomic mass is 10.1. The number of hydrogen-bond acceptors (Lipinski definition) is 4. The van der Waals surface area contributed by atoms with Gasteiger partial charge in [0, 0.05) is 0 Å². The van der Waals surface area contributed by atoms with Gasteiger partial charge in [-0.05, 0) is 17.7 Å². The average molecular weight is 275 g/mol. The van der Waals surface area contributed by atoms with E-state index in [1.165, 1.54) is 6.33 Å². The molecule has 0 aliphatic rings. The first-order valence-corrected chi connectivity index (χ1v) is 5.11. The van der Waals surface area contributed by atoms with E-state index in [9.17, 15) is 0 Å². The molecule has 0 aliphatic carbocycles. The normalized spacial score (nSPS) is 11.9. The summed E-state index contributed by atoms with van der Waals surface area (Å²) in [4.78, 5) is 3.85. The first kappa shape index (κ1) is 13.9. The minimum Gasteiger partial charge on any atom is -0.394 e. The molecule has 1 heterocycles. The van der Waals surface area contributed by atoms with Crippen LogP contribution in [0.5, 0.6) is 0 Å². The number of hydrogen-bond donors (Lipinski definition) is 2. The molecule has 0 bridgehead atoms. The summed E-state index contributed by atoms with van der Waals surface area (Å²) >= 11 is 6.04. The van der Waals surface area contributed by atoms with E-state index in [1.54, 1.807) is 29.2 Å². The fourth-order valence-corrected chi connectivity index (χ4v) is 1.58. The van der Waals surface area contributed by atoms with Gasteiger partial charge in [0.1, 0.15) is 12.7 Å². The standard InChI is InChI=1S/C10H11ClN4O.ClH/c11-8-2-1-7(9(12)4-16)3-10(8)15-6-13-5-14-15;/h1-3,5-6,9,16H,4,12H2;1H. The van der Waals surface area contributed by atoms with Crippen LogP contribution in [-0.2, 0) is 0 Å². The Morgan fingerprint density at radius 3 is 2.82 bits per heavy atom. The molecule has 0 radical (unpaired) electrons. The first-order chi connectivity index (χ1) is 7.72. The number of aliphatic hydroxyl groups excluding tert-OH is 1. The molecule has 0 saturated heterocycles. The molecule has 0 aliphatic heterocycles. The topological polar surface area (TPSA) is 77.0 Å². The lowest BCUT2D eigenvalue weighted by Crippen LogP contribution is -2.14. The molecule has 1 aromatic heterocycles. The lowest BCUT2D eigenvalue weighted by molar-refractivity contribution is 0.268. The van der Waals surface area contributed by atoms with E-state index in [4.69, 9.17) is 22.4 Å². The third-order valence-corrected chi connectivity index (χ3v) is 2.58. The van der Waals surface area contributed by atoms with Crippen molar-refractivity contribution in [1.82, 2.24) is 14.8 Å². The quantitative estimate of drug-likeness (QED) is 0.886. The third-order valence-electron chi connectivity index (χ3n) is 2.26. The summed E-state index contributed by atoms with van der Waals surface area (Å²) in [6.45, 7) is -0.113. The van der Waals surface area contributed by atoms with Crippen molar-refractivity contribution in [2.45, 2.75) is 6.04 Å². The molecular formula is C10H12Cl2N4O. The van der Waals surface area contributed by atoms with Crippen LogP contribution in [0.25, 0.3) is 5.69 Å². The molecule has 7 heteroatoms. The summed E-state index contributed by atoms with van der Waals surface area (Å²) in [5.74, 6) is 0. The number of aliphatic hydroxyl groups is 1. The van der Waals surface area contributed by atoms with Gasteiger partial charge < -0.3 is 10.8 Å². The van der Waals surface area contributed by atoms with Crippen molar-refractivity contribution in [1.29, 1.82) is 0 Å². The van der Waals surface area contributed by atoms with Crippen LogP contribution < -0.4 is 5.73 Å². The highest BCUT2D eigenvalue weighted by Crippen LogP contribution is 2.23. The summed E-state index contributed by atoms with van der Waals surface area (Å²) in [6.07, 6.45) is 2.98. The van der Waals surface area contributed by atoms with E-state index in [-0.39, 0.29) is 19.0 Å². The highest BCUT2D eigenvalue weighted by atomic mass is 35.5. The van der Waals surface area contributed by atoms with Crippen molar-refractivity contribution in [2.24, 2.45) is 5.73 Å². The van der Waals surface area contributed by atoms with Gasteiger partial charge in [-0.15, -0.1) is 12.4 Å². The Morgan fingerprint density at radius 1 is 1.47 bits per heavy atom. The smallest absolute Gasteiger partial charge is 0.138 e. The Labute approximate surface area is 110 Å². The molecular weight excluding hydrogens is 263 g/mol. The Kier molecular flexibility index (Phi) is 4.89. The van der Waals surface area contributed by atoms with Crippen LogP contribution in [0.4, 0.5) is 0 Å². The second-order valence-corrected chi connectivity index (χ2v) is 3.75. The van der Waals surface area contributed by atoms with E-state index >= 15 is 0 Å². The van der Waals surface area contributed by atoms with Crippen LogP contribution in [0.2, 0.25) is 5.02 Å². The van der Waals surface area contributed by atoms with Gasteiger partial charge in [-0.1, -0.05) is 17.7 Å². The second kappa shape index (κ2) is 5.97. The fourth-order valence-electron chi connectivity index (χ4n) is 1.37. The predicted molar refractivity (Wildman–Crippen MR) is 67.6 cm³/mol. The molecule has 0 saturated carbocycles. The molecule has 3 N–H and O–H groups in total. The highest BCUT2D eigenvalue weighted by Gasteiger charge is 2.09. The maximum Gasteiger partial charge on any atom is 0.138 e. The van der Waals surface area contributed by atoms with Crippen LogP contribution in [-0.4, -0.2) is 26.5 Å². The van der Waals surface area contributed by atoms with E-state index in [0.717, 1.165) is 5.56 Å². The van der Waals surface area contributed by atoms with Gasteiger partial charge in [-0.25, -0.2) is 9.67 Å². The van der Waals surface area contributed by atoms with E-state index < -0.39 is 6.04 Å². The van der Waals surface area contributed by atoms with Crippen LogP contribution in [0.3, 0.4) is 0 Å². The summed E-state index contributed by atoms with van der Waals surface area (Å²) in [6, 6.07) is 4.88. The van der Waals surface area contributed by atoms with E-state index in [2.05, 4.69) is 10.1 Å². The van der Waals surface area contributed by atoms with Gasteiger partial charge >= 0.3 is 0 Å². The molecule has 1 atom stereocenters. The summed E-state index contributed by atoms with van der Waals surface area (Å²) in [5.41, 5.74) is 7.23. The van der Waals surface area contributed by atoms with Crippen molar-refractivity contribution in [3.8, 4) is 5.69 Å². The van der Waals surface area contributed by atoms with Gasteiger partial charge in [0.2, 0.25) is 0 Å². The van der Waals surface area contributed by atoms with Crippen molar-refractivity contribution in [3.63, 3.8) is 0 Å². The van der Waals surface area contributed by atoms with Gasteiger partial charge in [0.25, 0.3) is 0 Å². The van der Waals surface area contributed by atoms with Crippen molar-refractivity contribution < 1.29 is 5.11 Å². The Bertz CT molecular complexity index is 475. The molecule has 1 aromatic carbocycles. The molecule has 2 aromatic rings. The number of aromatic nitrogens is 3. The van der Waals surface area contributed by atoms with Crippen LogP contribution >= 0.6 is 24.0 Å². The number of halogens is 2. The molecule has 2 rings (SSSR count). The maximum atomic E-state index is 8.99. The van der Waals surface area contributed by atoms with Gasteiger partial charge in [-0.2, -0.15) is 5.10 Å². The lowest BCUT2D eigenvalue weighted by Gasteiger charge is -2.11. The van der Waals surface area contributed by atoms with Crippen LogP contribution in [0, 0.1) is 0 Å². The number of rotatable bonds is 3.